The van der Waals surface area contributed by atoms with Gasteiger partial charge in [-0.3, -0.25) is 14.5 Å². The lowest BCUT2D eigenvalue weighted by atomic mass is 10.00. The van der Waals surface area contributed by atoms with Gasteiger partial charge in [-0.2, -0.15) is 0 Å². The minimum atomic E-state index is -0.283. The number of benzene rings is 2. The SMILES string of the molecule is COc1cc(OC)cc(C(=O)N2CCC3(CC2)SCC(=O)N3c2ccc(C)cc2)c1. The van der Waals surface area contributed by atoms with E-state index in [1.165, 1.54) is 5.56 Å². The molecular weight excluding hydrogens is 400 g/mol. The van der Waals surface area contributed by atoms with Gasteiger partial charge in [0.1, 0.15) is 11.5 Å². The van der Waals surface area contributed by atoms with Crippen molar-refractivity contribution in [1.82, 2.24) is 4.90 Å². The third-order valence-electron chi connectivity index (χ3n) is 5.84. The molecule has 0 radical (unpaired) electrons. The number of likely N-dealkylation sites (tertiary alicyclic amines) is 1. The van der Waals surface area contributed by atoms with Crippen molar-refractivity contribution in [2.24, 2.45) is 0 Å². The molecule has 1 spiro atoms. The van der Waals surface area contributed by atoms with Crippen LogP contribution >= 0.6 is 11.8 Å². The summed E-state index contributed by atoms with van der Waals surface area (Å²) in [6, 6.07) is 13.3. The van der Waals surface area contributed by atoms with Crippen LogP contribution in [0.1, 0.15) is 28.8 Å². The van der Waals surface area contributed by atoms with Gasteiger partial charge in [-0.25, -0.2) is 0 Å². The molecule has 2 aliphatic rings. The van der Waals surface area contributed by atoms with Crippen molar-refractivity contribution in [3.05, 3.63) is 53.6 Å². The van der Waals surface area contributed by atoms with Gasteiger partial charge in [-0.1, -0.05) is 17.7 Å². The van der Waals surface area contributed by atoms with Crippen LogP contribution in [0.15, 0.2) is 42.5 Å². The summed E-state index contributed by atoms with van der Waals surface area (Å²) in [6.45, 7) is 3.24. The molecular formula is C23H26N2O4S. The molecule has 0 unspecified atom stereocenters. The normalized spacial score (nSPS) is 18.0. The number of carbonyl (C=O) groups excluding carboxylic acids is 2. The van der Waals surface area contributed by atoms with Crippen LogP contribution < -0.4 is 14.4 Å². The zero-order chi connectivity index (χ0) is 21.3. The Balaban J connectivity index is 1.52. The molecule has 2 amide bonds. The number of thioether (sulfide) groups is 1. The first-order valence-electron chi connectivity index (χ1n) is 10.0. The number of ether oxygens (including phenoxy) is 2. The number of hydrogen-bond donors (Lipinski definition) is 0. The minimum Gasteiger partial charge on any atom is -0.497 e. The van der Waals surface area contributed by atoms with Crippen molar-refractivity contribution in [2.45, 2.75) is 24.6 Å². The predicted molar refractivity (Wildman–Crippen MR) is 119 cm³/mol. The Morgan fingerprint density at radius 3 is 2.17 bits per heavy atom. The number of hydrogen-bond acceptors (Lipinski definition) is 5. The van der Waals surface area contributed by atoms with Crippen LogP contribution in [0.2, 0.25) is 0 Å². The largest absolute Gasteiger partial charge is 0.497 e. The maximum atomic E-state index is 13.1. The lowest BCUT2D eigenvalue weighted by Crippen LogP contribution is -2.53. The second-order valence-electron chi connectivity index (χ2n) is 7.69. The van der Waals surface area contributed by atoms with Crippen molar-refractivity contribution in [1.29, 1.82) is 0 Å². The molecule has 0 saturated carbocycles. The van der Waals surface area contributed by atoms with Crippen LogP contribution in [0.25, 0.3) is 0 Å². The molecule has 30 heavy (non-hydrogen) atoms. The standard InChI is InChI=1S/C23H26N2O4S/c1-16-4-6-18(7-5-16)25-21(26)15-30-23(25)8-10-24(11-9-23)22(27)17-12-19(28-2)14-20(13-17)29-3/h4-7,12-14H,8-11,15H2,1-3H3. The van der Waals surface area contributed by atoms with E-state index in [1.807, 2.05) is 41.0 Å². The third-order valence-corrected chi connectivity index (χ3v) is 7.36. The Morgan fingerprint density at radius 1 is 1.00 bits per heavy atom. The highest BCUT2D eigenvalue weighted by atomic mass is 32.2. The Morgan fingerprint density at radius 2 is 1.60 bits per heavy atom. The number of carbonyl (C=O) groups is 2. The summed E-state index contributed by atoms with van der Waals surface area (Å²) >= 11 is 1.70. The molecule has 0 bridgehead atoms. The van der Waals surface area contributed by atoms with Gasteiger partial charge in [0.2, 0.25) is 5.91 Å². The van der Waals surface area contributed by atoms with E-state index in [0.717, 1.165) is 18.5 Å². The van der Waals surface area contributed by atoms with Gasteiger partial charge in [0, 0.05) is 30.4 Å². The molecule has 7 heteroatoms. The highest BCUT2D eigenvalue weighted by molar-refractivity contribution is 8.02. The van der Waals surface area contributed by atoms with E-state index in [1.54, 1.807) is 44.2 Å². The van der Waals surface area contributed by atoms with Crippen LogP contribution in [-0.4, -0.2) is 54.6 Å². The number of nitrogens with zero attached hydrogens (tertiary/aromatic N) is 2. The Kier molecular flexibility index (Phi) is 5.64. The lowest BCUT2D eigenvalue weighted by Gasteiger charge is -2.44. The summed E-state index contributed by atoms with van der Waals surface area (Å²) in [4.78, 5) is 29.4. The Hall–Kier alpha value is -2.67. The van der Waals surface area contributed by atoms with E-state index in [2.05, 4.69) is 0 Å². The van der Waals surface area contributed by atoms with Crippen LogP contribution in [0.5, 0.6) is 11.5 Å². The predicted octanol–water partition coefficient (Wildman–Crippen LogP) is 3.72. The van der Waals surface area contributed by atoms with Gasteiger partial charge in [0.05, 0.1) is 24.8 Å². The van der Waals surface area contributed by atoms with Crippen molar-refractivity contribution in [3.63, 3.8) is 0 Å². The molecule has 2 aromatic carbocycles. The number of piperidine rings is 1. The first kappa shape index (κ1) is 20.6. The highest BCUT2D eigenvalue weighted by Crippen LogP contribution is 2.47. The van der Waals surface area contributed by atoms with Crippen LogP contribution in [0, 0.1) is 6.92 Å². The topological polar surface area (TPSA) is 59.1 Å². The number of aryl methyl sites for hydroxylation is 1. The lowest BCUT2D eigenvalue weighted by molar-refractivity contribution is -0.116. The minimum absolute atomic E-state index is 0.0433. The molecule has 0 aromatic heterocycles. The van der Waals surface area contributed by atoms with Gasteiger partial charge < -0.3 is 14.4 Å². The summed E-state index contributed by atoms with van der Waals surface area (Å²) in [6.07, 6.45) is 1.48. The molecule has 158 valence electrons. The zero-order valence-electron chi connectivity index (χ0n) is 17.5. The second kappa shape index (κ2) is 8.22. The van der Waals surface area contributed by atoms with E-state index in [0.29, 0.717) is 35.9 Å². The van der Waals surface area contributed by atoms with E-state index >= 15 is 0 Å². The van der Waals surface area contributed by atoms with Crippen LogP contribution in [0.3, 0.4) is 0 Å². The molecule has 0 N–H and O–H groups in total. The molecule has 6 nitrogen and oxygen atoms in total. The smallest absolute Gasteiger partial charge is 0.254 e. The summed E-state index contributed by atoms with van der Waals surface area (Å²) < 4.78 is 10.6. The maximum Gasteiger partial charge on any atom is 0.254 e. The fourth-order valence-electron chi connectivity index (χ4n) is 4.17. The average Bonchev–Trinajstić information content (AvgIpc) is 3.09. The van der Waals surface area contributed by atoms with E-state index in [9.17, 15) is 9.59 Å². The van der Waals surface area contributed by atoms with Crippen LogP contribution in [0.4, 0.5) is 5.69 Å². The van der Waals surface area contributed by atoms with Gasteiger partial charge >= 0.3 is 0 Å². The third kappa shape index (κ3) is 3.74. The zero-order valence-corrected chi connectivity index (χ0v) is 18.3. The second-order valence-corrected chi connectivity index (χ2v) is 9.03. The highest BCUT2D eigenvalue weighted by Gasteiger charge is 2.49. The fraction of sp³-hybridized carbons (Fsp3) is 0.391. The van der Waals surface area contributed by atoms with E-state index < -0.39 is 0 Å². The number of methoxy groups -OCH3 is 2. The number of rotatable bonds is 4. The Bertz CT molecular complexity index is 930. The monoisotopic (exact) mass is 426 g/mol. The molecule has 0 atom stereocenters. The quantitative estimate of drug-likeness (QED) is 0.746. The molecule has 2 aromatic rings. The van der Waals surface area contributed by atoms with Crippen molar-refractivity contribution >= 4 is 29.3 Å². The first-order valence-corrected chi connectivity index (χ1v) is 11.0. The maximum absolute atomic E-state index is 13.1. The molecule has 4 rings (SSSR count). The summed E-state index contributed by atoms with van der Waals surface area (Å²) in [5.41, 5.74) is 2.65. The number of anilines is 1. The van der Waals surface area contributed by atoms with Crippen molar-refractivity contribution in [3.8, 4) is 11.5 Å². The molecule has 2 aliphatic heterocycles. The van der Waals surface area contributed by atoms with E-state index in [4.69, 9.17) is 9.47 Å². The van der Waals surface area contributed by atoms with Gasteiger partial charge in [-0.15, -0.1) is 11.8 Å². The fourth-order valence-corrected chi connectivity index (χ4v) is 5.50. The van der Waals surface area contributed by atoms with Crippen molar-refractivity contribution < 1.29 is 19.1 Å². The van der Waals surface area contributed by atoms with Gasteiger partial charge in [0.25, 0.3) is 5.91 Å². The van der Waals surface area contributed by atoms with Crippen molar-refractivity contribution in [2.75, 3.05) is 38.0 Å². The molecule has 2 saturated heterocycles. The molecule has 0 aliphatic carbocycles. The summed E-state index contributed by atoms with van der Waals surface area (Å²) in [7, 11) is 3.14. The summed E-state index contributed by atoms with van der Waals surface area (Å²) in [5, 5.41) is 0. The average molecular weight is 427 g/mol. The molecule has 2 fully saturated rings. The van der Waals surface area contributed by atoms with Crippen LogP contribution in [-0.2, 0) is 4.79 Å². The van der Waals surface area contributed by atoms with Gasteiger partial charge in [0.15, 0.2) is 0 Å². The van der Waals surface area contributed by atoms with Gasteiger partial charge in [-0.05, 0) is 44.0 Å². The Labute approximate surface area is 181 Å². The molecule has 2 heterocycles. The summed E-state index contributed by atoms with van der Waals surface area (Å²) in [5.74, 6) is 1.76. The first-order chi connectivity index (χ1) is 14.5. The number of amides is 2. The van der Waals surface area contributed by atoms with E-state index in [-0.39, 0.29) is 16.7 Å².